The van der Waals surface area contributed by atoms with Crippen LogP contribution in [0, 0.1) is 12.8 Å². The summed E-state index contributed by atoms with van der Waals surface area (Å²) in [7, 11) is 0. The van der Waals surface area contributed by atoms with Gasteiger partial charge in [0.2, 0.25) is 11.8 Å². The fourth-order valence-corrected chi connectivity index (χ4v) is 4.15. The Morgan fingerprint density at radius 3 is 2.50 bits per heavy atom. The normalized spacial score (nSPS) is 18.5. The van der Waals surface area contributed by atoms with E-state index in [4.69, 9.17) is 18.9 Å². The molecule has 4 rings (SSSR count). The number of hydrogen-bond donors (Lipinski definition) is 0. The first-order valence-electron chi connectivity index (χ1n) is 10.9. The van der Waals surface area contributed by atoms with Crippen molar-refractivity contribution in [2.24, 2.45) is 5.92 Å². The van der Waals surface area contributed by atoms with Crippen LogP contribution in [0.4, 0.5) is 0 Å². The van der Waals surface area contributed by atoms with Gasteiger partial charge in [-0.3, -0.25) is 9.69 Å². The lowest BCUT2D eigenvalue weighted by atomic mass is 9.95. The van der Waals surface area contributed by atoms with Crippen LogP contribution in [-0.2, 0) is 16.1 Å². The molecule has 1 aromatic carbocycles. The molecular formula is C23H31N3O4. The van der Waals surface area contributed by atoms with E-state index in [0.29, 0.717) is 31.6 Å². The second-order valence-electron chi connectivity index (χ2n) is 7.97. The van der Waals surface area contributed by atoms with E-state index in [-0.39, 0.29) is 5.92 Å². The summed E-state index contributed by atoms with van der Waals surface area (Å²) >= 11 is 0. The molecule has 162 valence electrons. The van der Waals surface area contributed by atoms with Crippen molar-refractivity contribution in [3.8, 4) is 17.2 Å². The molecule has 2 saturated heterocycles. The number of nitrogens with zero attached hydrogens (tertiary/aromatic N) is 3. The Labute approximate surface area is 178 Å². The van der Waals surface area contributed by atoms with E-state index in [9.17, 15) is 4.79 Å². The van der Waals surface area contributed by atoms with Crippen LogP contribution in [0.1, 0.15) is 31.2 Å². The molecule has 0 spiro atoms. The van der Waals surface area contributed by atoms with Gasteiger partial charge in [-0.1, -0.05) is 0 Å². The lowest BCUT2D eigenvalue weighted by Gasteiger charge is -2.35. The summed E-state index contributed by atoms with van der Waals surface area (Å²) in [6.07, 6.45) is 1.80. The van der Waals surface area contributed by atoms with E-state index in [1.807, 2.05) is 43.0 Å². The van der Waals surface area contributed by atoms with Gasteiger partial charge in [0.05, 0.1) is 25.5 Å². The van der Waals surface area contributed by atoms with Gasteiger partial charge in [-0.15, -0.1) is 0 Å². The molecule has 7 heteroatoms. The molecule has 2 aromatic rings. The summed E-state index contributed by atoms with van der Waals surface area (Å²) < 4.78 is 16.8. The molecule has 1 amide bonds. The number of amides is 1. The highest BCUT2D eigenvalue weighted by Crippen LogP contribution is 2.26. The molecule has 1 aromatic heterocycles. The number of aromatic nitrogens is 1. The largest absolute Gasteiger partial charge is 0.494 e. The molecular weight excluding hydrogens is 382 g/mol. The van der Waals surface area contributed by atoms with Crippen molar-refractivity contribution in [3.63, 3.8) is 0 Å². The maximum absolute atomic E-state index is 12.7. The van der Waals surface area contributed by atoms with Crippen molar-refractivity contribution in [1.82, 2.24) is 14.8 Å². The fraction of sp³-hybridized carbons (Fsp3) is 0.565. The third kappa shape index (κ3) is 4.84. The van der Waals surface area contributed by atoms with Gasteiger partial charge in [-0.2, -0.15) is 0 Å². The highest BCUT2D eigenvalue weighted by molar-refractivity contribution is 5.79. The van der Waals surface area contributed by atoms with Gasteiger partial charge < -0.3 is 18.8 Å². The van der Waals surface area contributed by atoms with Crippen LogP contribution in [0.15, 0.2) is 28.7 Å². The van der Waals surface area contributed by atoms with Crippen molar-refractivity contribution in [2.45, 2.75) is 33.2 Å². The summed E-state index contributed by atoms with van der Waals surface area (Å²) in [5, 5.41) is 0. The molecule has 0 N–H and O–H groups in total. The highest BCUT2D eigenvalue weighted by Gasteiger charge is 2.30. The smallest absolute Gasteiger partial charge is 0.226 e. The molecule has 0 radical (unpaired) electrons. The zero-order valence-electron chi connectivity index (χ0n) is 17.9. The molecule has 0 aliphatic carbocycles. The predicted octanol–water partition coefficient (Wildman–Crippen LogP) is 3.12. The summed E-state index contributed by atoms with van der Waals surface area (Å²) in [6.45, 7) is 9.93. The zero-order chi connectivity index (χ0) is 20.9. The lowest BCUT2D eigenvalue weighted by molar-refractivity contribution is -0.141. The lowest BCUT2D eigenvalue weighted by Crippen LogP contribution is -2.46. The summed E-state index contributed by atoms with van der Waals surface area (Å²) in [5.74, 6) is 2.78. The molecule has 0 atom stereocenters. The highest BCUT2D eigenvalue weighted by atomic mass is 16.5. The maximum atomic E-state index is 12.7. The Kier molecular flexibility index (Phi) is 6.69. The van der Waals surface area contributed by atoms with Crippen molar-refractivity contribution in [2.75, 3.05) is 46.0 Å². The minimum atomic E-state index is 0.136. The van der Waals surface area contributed by atoms with Gasteiger partial charge in [-0.25, -0.2) is 4.98 Å². The molecule has 2 fully saturated rings. The minimum absolute atomic E-state index is 0.136. The van der Waals surface area contributed by atoms with Gasteiger partial charge in [-0.05, 0) is 64.0 Å². The SMILES string of the molecule is CCOc1ccc(-c2nc(CN3CCC(C(=O)N4CCOCC4)CC3)c(C)o2)cc1. The van der Waals surface area contributed by atoms with Gasteiger partial charge in [0.15, 0.2) is 0 Å². The Bertz CT molecular complexity index is 835. The van der Waals surface area contributed by atoms with Crippen LogP contribution in [0.5, 0.6) is 5.75 Å². The second kappa shape index (κ2) is 9.62. The molecule has 2 aliphatic rings. The number of morpholine rings is 1. The summed E-state index contributed by atoms with van der Waals surface area (Å²) in [6, 6.07) is 7.83. The zero-order valence-corrected chi connectivity index (χ0v) is 17.9. The predicted molar refractivity (Wildman–Crippen MR) is 113 cm³/mol. The van der Waals surface area contributed by atoms with E-state index in [2.05, 4.69) is 4.90 Å². The Morgan fingerprint density at radius 2 is 1.83 bits per heavy atom. The van der Waals surface area contributed by atoms with Crippen LogP contribution in [0.25, 0.3) is 11.5 Å². The number of aryl methyl sites for hydroxylation is 1. The first-order chi connectivity index (χ1) is 14.6. The number of benzene rings is 1. The van der Waals surface area contributed by atoms with Crippen molar-refractivity contribution >= 4 is 5.91 Å². The molecule has 0 saturated carbocycles. The number of likely N-dealkylation sites (tertiary alicyclic amines) is 1. The molecule has 2 aliphatic heterocycles. The standard InChI is InChI=1S/C23H31N3O4/c1-3-29-20-6-4-18(5-7-20)22-24-21(17(2)30-22)16-25-10-8-19(9-11-25)23(27)26-12-14-28-15-13-26/h4-7,19H,3,8-16H2,1-2H3. The van der Waals surface area contributed by atoms with Crippen molar-refractivity contribution in [3.05, 3.63) is 35.7 Å². The summed E-state index contributed by atoms with van der Waals surface area (Å²) in [5.41, 5.74) is 1.92. The molecule has 7 nitrogen and oxygen atoms in total. The summed E-state index contributed by atoms with van der Waals surface area (Å²) in [4.78, 5) is 21.8. The van der Waals surface area contributed by atoms with Gasteiger partial charge in [0.25, 0.3) is 0 Å². The average Bonchev–Trinajstić information content (AvgIpc) is 3.15. The van der Waals surface area contributed by atoms with E-state index < -0.39 is 0 Å². The fourth-order valence-electron chi connectivity index (χ4n) is 4.15. The number of carbonyl (C=O) groups excluding carboxylic acids is 1. The Morgan fingerprint density at radius 1 is 1.13 bits per heavy atom. The van der Waals surface area contributed by atoms with Crippen LogP contribution in [-0.4, -0.2) is 66.7 Å². The van der Waals surface area contributed by atoms with Gasteiger partial charge >= 0.3 is 0 Å². The first kappa shape index (κ1) is 20.9. The Balaban J connectivity index is 1.32. The van der Waals surface area contributed by atoms with Crippen molar-refractivity contribution in [1.29, 1.82) is 0 Å². The molecule has 3 heterocycles. The maximum Gasteiger partial charge on any atom is 0.226 e. The third-order valence-corrected chi connectivity index (χ3v) is 5.94. The topological polar surface area (TPSA) is 68.0 Å². The number of piperidine rings is 1. The monoisotopic (exact) mass is 413 g/mol. The minimum Gasteiger partial charge on any atom is -0.494 e. The van der Waals surface area contributed by atoms with Crippen LogP contribution < -0.4 is 4.74 Å². The number of hydrogen-bond acceptors (Lipinski definition) is 6. The van der Waals surface area contributed by atoms with Crippen LogP contribution >= 0.6 is 0 Å². The number of carbonyl (C=O) groups is 1. The molecule has 0 unspecified atom stereocenters. The van der Waals surface area contributed by atoms with E-state index in [0.717, 1.165) is 68.3 Å². The molecule has 0 bridgehead atoms. The van der Waals surface area contributed by atoms with E-state index in [1.54, 1.807) is 0 Å². The number of oxazole rings is 1. The van der Waals surface area contributed by atoms with Gasteiger partial charge in [0, 0.05) is 31.1 Å². The second-order valence-corrected chi connectivity index (χ2v) is 7.97. The quantitative estimate of drug-likeness (QED) is 0.725. The van der Waals surface area contributed by atoms with Crippen LogP contribution in [0.3, 0.4) is 0 Å². The van der Waals surface area contributed by atoms with E-state index >= 15 is 0 Å². The number of rotatable bonds is 6. The van der Waals surface area contributed by atoms with Crippen LogP contribution in [0.2, 0.25) is 0 Å². The average molecular weight is 414 g/mol. The Hall–Kier alpha value is -2.38. The van der Waals surface area contributed by atoms with Crippen molar-refractivity contribution < 1.29 is 18.7 Å². The molecule has 30 heavy (non-hydrogen) atoms. The van der Waals surface area contributed by atoms with E-state index in [1.165, 1.54) is 0 Å². The third-order valence-electron chi connectivity index (χ3n) is 5.94. The van der Waals surface area contributed by atoms with Gasteiger partial charge in [0.1, 0.15) is 11.5 Å². The number of ether oxygens (including phenoxy) is 2. The first-order valence-corrected chi connectivity index (χ1v) is 10.9.